The van der Waals surface area contributed by atoms with Crippen molar-refractivity contribution in [3.8, 4) is 0 Å². The van der Waals surface area contributed by atoms with Crippen molar-refractivity contribution in [2.75, 3.05) is 40.3 Å². The molecular weight excluding hydrogens is 402 g/mol. The molecule has 0 N–H and O–H groups in total. The molecule has 2 amide bonds. The molecule has 1 heterocycles. The molecule has 1 aromatic rings. The molecular formula is C26H37N3O3. The highest BCUT2D eigenvalue weighted by Crippen LogP contribution is 2.49. The smallest absolute Gasteiger partial charge is 0.325 e. The van der Waals surface area contributed by atoms with E-state index in [4.69, 9.17) is 4.74 Å². The predicted octanol–water partition coefficient (Wildman–Crippen LogP) is 3.86. The van der Waals surface area contributed by atoms with E-state index in [0.29, 0.717) is 25.0 Å². The van der Waals surface area contributed by atoms with Gasteiger partial charge in [0.05, 0.1) is 12.1 Å². The van der Waals surface area contributed by atoms with Crippen LogP contribution in [-0.2, 0) is 15.1 Å². The zero-order valence-corrected chi connectivity index (χ0v) is 19.6. The fraction of sp³-hybridized carbons (Fsp3) is 0.692. The molecule has 3 aliphatic carbocycles. The Morgan fingerprint density at radius 2 is 1.69 bits per heavy atom. The lowest BCUT2D eigenvalue weighted by Crippen LogP contribution is -2.55. The molecule has 6 heteroatoms. The molecule has 0 aromatic heterocycles. The highest BCUT2D eigenvalue weighted by molar-refractivity contribution is 5.83. The van der Waals surface area contributed by atoms with Gasteiger partial charge in [-0.15, -0.1) is 0 Å². The second-order valence-electron chi connectivity index (χ2n) is 10.8. The van der Waals surface area contributed by atoms with Crippen molar-refractivity contribution >= 4 is 12.0 Å². The molecule has 6 nitrogen and oxygen atoms in total. The van der Waals surface area contributed by atoms with E-state index in [1.807, 2.05) is 0 Å². The summed E-state index contributed by atoms with van der Waals surface area (Å²) in [6.45, 7) is 2.09. The van der Waals surface area contributed by atoms with Crippen LogP contribution in [0.15, 0.2) is 30.3 Å². The van der Waals surface area contributed by atoms with Crippen LogP contribution < -0.4 is 0 Å². The summed E-state index contributed by atoms with van der Waals surface area (Å²) in [7, 11) is 4.35. The van der Waals surface area contributed by atoms with Gasteiger partial charge in [-0.2, -0.15) is 0 Å². The molecule has 0 radical (unpaired) electrons. The number of urea groups is 1. The summed E-state index contributed by atoms with van der Waals surface area (Å²) in [5.74, 6) is 0.921. The lowest BCUT2D eigenvalue weighted by Gasteiger charge is -2.51. The van der Waals surface area contributed by atoms with Gasteiger partial charge in [0.2, 0.25) is 0 Å². The minimum atomic E-state index is -0.253. The van der Waals surface area contributed by atoms with Crippen LogP contribution in [0.4, 0.5) is 4.79 Å². The van der Waals surface area contributed by atoms with Crippen molar-refractivity contribution in [3.63, 3.8) is 0 Å². The molecule has 1 saturated heterocycles. The fourth-order valence-electron chi connectivity index (χ4n) is 5.83. The van der Waals surface area contributed by atoms with Gasteiger partial charge < -0.3 is 14.5 Å². The van der Waals surface area contributed by atoms with Crippen molar-refractivity contribution in [1.29, 1.82) is 0 Å². The first-order valence-corrected chi connectivity index (χ1v) is 12.4. The summed E-state index contributed by atoms with van der Waals surface area (Å²) in [4.78, 5) is 32.1. The molecule has 1 aliphatic heterocycles. The van der Waals surface area contributed by atoms with Crippen molar-refractivity contribution in [3.05, 3.63) is 35.9 Å². The molecule has 0 bridgehead atoms. The second-order valence-corrected chi connectivity index (χ2v) is 10.8. The van der Waals surface area contributed by atoms with E-state index in [9.17, 15) is 9.59 Å². The number of hydrogen-bond donors (Lipinski definition) is 0. The quantitative estimate of drug-likeness (QED) is 0.577. The highest BCUT2D eigenvalue weighted by atomic mass is 16.5. The molecule has 4 aliphatic rings. The number of ether oxygens (including phenoxy) is 1. The number of carbonyl (C=O) groups excluding carboxylic acids is 2. The number of hydrogen-bond acceptors (Lipinski definition) is 4. The van der Waals surface area contributed by atoms with Gasteiger partial charge in [-0.25, -0.2) is 4.79 Å². The van der Waals surface area contributed by atoms with Gasteiger partial charge in [-0.1, -0.05) is 30.3 Å². The number of benzene rings is 1. The van der Waals surface area contributed by atoms with Crippen LogP contribution >= 0.6 is 0 Å². The Hall–Kier alpha value is -2.08. The van der Waals surface area contributed by atoms with Gasteiger partial charge >= 0.3 is 12.0 Å². The maximum Gasteiger partial charge on any atom is 0.325 e. The van der Waals surface area contributed by atoms with E-state index in [1.54, 1.807) is 4.90 Å². The van der Waals surface area contributed by atoms with Gasteiger partial charge in [-0.05, 0) is 82.9 Å². The maximum atomic E-state index is 13.4. The standard InChI is InChI=1S/C26H37N3O3/c1-27(2)26(22-6-4-3-5-7-22)14-12-25(13-15-26)19-28(17-23(30)32-18-21-10-11-21)24(31)29(25)16-20-8-9-20/h3-7,20-21H,8-19H2,1-2H3/t25-,26+. The molecule has 0 unspecified atom stereocenters. The molecule has 32 heavy (non-hydrogen) atoms. The number of nitrogens with zero attached hydrogens (tertiary/aromatic N) is 3. The number of amides is 2. The Morgan fingerprint density at radius 1 is 1.03 bits per heavy atom. The first-order valence-electron chi connectivity index (χ1n) is 12.4. The van der Waals surface area contributed by atoms with E-state index >= 15 is 0 Å². The number of esters is 1. The van der Waals surface area contributed by atoms with Gasteiger partial charge in [0.1, 0.15) is 6.54 Å². The Labute approximate surface area is 191 Å². The third-order valence-electron chi connectivity index (χ3n) is 8.37. The van der Waals surface area contributed by atoms with Crippen LogP contribution in [0, 0.1) is 11.8 Å². The normalized spacial score (nSPS) is 30.4. The van der Waals surface area contributed by atoms with E-state index in [1.165, 1.54) is 18.4 Å². The molecule has 0 atom stereocenters. The van der Waals surface area contributed by atoms with Crippen molar-refractivity contribution in [2.24, 2.45) is 11.8 Å². The molecule has 4 fully saturated rings. The summed E-state index contributed by atoms with van der Waals surface area (Å²) in [6.07, 6.45) is 8.70. The topological polar surface area (TPSA) is 53.1 Å². The monoisotopic (exact) mass is 439 g/mol. The van der Waals surface area contributed by atoms with Crippen LogP contribution in [0.5, 0.6) is 0 Å². The third kappa shape index (κ3) is 4.14. The Morgan fingerprint density at radius 3 is 2.28 bits per heavy atom. The summed E-state index contributed by atoms with van der Waals surface area (Å²) in [6, 6.07) is 10.8. The van der Waals surface area contributed by atoms with Crippen molar-refractivity contribution < 1.29 is 14.3 Å². The van der Waals surface area contributed by atoms with Crippen LogP contribution in [0.1, 0.15) is 56.9 Å². The number of carbonyl (C=O) groups is 2. The highest BCUT2D eigenvalue weighted by Gasteiger charge is 2.55. The summed E-state index contributed by atoms with van der Waals surface area (Å²) < 4.78 is 5.45. The molecule has 1 aromatic carbocycles. The lowest BCUT2D eigenvalue weighted by atomic mass is 9.68. The SMILES string of the molecule is CN(C)[C@]1(c2ccccc2)CC[C@]2(CC1)CN(CC(=O)OCC1CC1)C(=O)N2CC1CC1. The molecule has 3 saturated carbocycles. The van der Waals surface area contributed by atoms with E-state index < -0.39 is 0 Å². The third-order valence-corrected chi connectivity index (χ3v) is 8.37. The Kier molecular flexibility index (Phi) is 5.68. The number of rotatable bonds is 8. The minimum Gasteiger partial charge on any atom is -0.464 e. The molecule has 174 valence electrons. The molecule has 1 spiro atoms. The average molecular weight is 440 g/mol. The Balaban J connectivity index is 1.32. The summed E-state index contributed by atoms with van der Waals surface area (Å²) >= 11 is 0. The minimum absolute atomic E-state index is 0.00256. The first-order chi connectivity index (χ1) is 15.4. The van der Waals surface area contributed by atoms with Crippen LogP contribution in [0.2, 0.25) is 0 Å². The van der Waals surface area contributed by atoms with E-state index in [-0.39, 0.29) is 29.6 Å². The van der Waals surface area contributed by atoms with E-state index in [2.05, 4.69) is 54.2 Å². The van der Waals surface area contributed by atoms with Crippen LogP contribution in [0.3, 0.4) is 0 Å². The van der Waals surface area contributed by atoms with Crippen LogP contribution in [0.25, 0.3) is 0 Å². The largest absolute Gasteiger partial charge is 0.464 e. The van der Waals surface area contributed by atoms with Gasteiger partial charge in [0.15, 0.2) is 0 Å². The second kappa shape index (κ2) is 8.36. The van der Waals surface area contributed by atoms with Crippen LogP contribution in [-0.4, -0.2) is 72.6 Å². The zero-order chi connectivity index (χ0) is 22.3. The fourth-order valence-corrected chi connectivity index (χ4v) is 5.83. The summed E-state index contributed by atoms with van der Waals surface area (Å²) in [5.41, 5.74) is 1.20. The zero-order valence-electron chi connectivity index (χ0n) is 19.6. The lowest BCUT2D eigenvalue weighted by molar-refractivity contribution is -0.144. The first kappa shape index (κ1) is 21.7. The summed E-state index contributed by atoms with van der Waals surface area (Å²) in [5, 5.41) is 0. The van der Waals surface area contributed by atoms with Crippen molar-refractivity contribution in [1.82, 2.24) is 14.7 Å². The molecule has 5 rings (SSSR count). The Bertz CT molecular complexity index is 839. The maximum absolute atomic E-state index is 13.4. The van der Waals surface area contributed by atoms with Crippen molar-refractivity contribution in [2.45, 2.75) is 62.4 Å². The predicted molar refractivity (Wildman–Crippen MR) is 123 cm³/mol. The van der Waals surface area contributed by atoms with E-state index in [0.717, 1.165) is 45.1 Å². The van der Waals surface area contributed by atoms with Gasteiger partial charge in [-0.3, -0.25) is 9.69 Å². The van der Waals surface area contributed by atoms with Gasteiger partial charge in [0, 0.05) is 18.6 Å². The van der Waals surface area contributed by atoms with Gasteiger partial charge in [0.25, 0.3) is 0 Å². The average Bonchev–Trinajstić information content (AvgIpc) is 3.71.